The van der Waals surface area contributed by atoms with Crippen LogP contribution in [0.5, 0.6) is 0 Å². The van der Waals surface area contributed by atoms with E-state index in [0.717, 1.165) is 11.6 Å². The Bertz CT molecular complexity index is 703. The van der Waals surface area contributed by atoms with Gasteiger partial charge in [0, 0.05) is 0 Å². The first-order chi connectivity index (χ1) is 11.1. The van der Waals surface area contributed by atoms with Crippen LogP contribution in [0, 0.1) is 5.41 Å². The lowest BCUT2D eigenvalue weighted by Crippen LogP contribution is -2.37. The van der Waals surface area contributed by atoms with Crippen LogP contribution in [-0.2, 0) is 6.18 Å². The highest BCUT2D eigenvalue weighted by molar-refractivity contribution is 5.96. The molecule has 0 aromatic heterocycles. The van der Waals surface area contributed by atoms with Crippen LogP contribution in [0.3, 0.4) is 0 Å². The summed E-state index contributed by atoms with van der Waals surface area (Å²) in [6, 6.07) is 13.6. The van der Waals surface area contributed by atoms with Crippen LogP contribution in [0.1, 0.15) is 48.3 Å². The van der Waals surface area contributed by atoms with Gasteiger partial charge < -0.3 is 5.32 Å². The second kappa shape index (κ2) is 6.67. The van der Waals surface area contributed by atoms with E-state index in [2.05, 4.69) is 5.32 Å². The van der Waals surface area contributed by atoms with Gasteiger partial charge in [0.05, 0.1) is 17.2 Å². The van der Waals surface area contributed by atoms with Gasteiger partial charge in [-0.15, -0.1) is 0 Å². The van der Waals surface area contributed by atoms with Gasteiger partial charge in [0.15, 0.2) is 0 Å². The first kappa shape index (κ1) is 18.0. The number of carbonyl (C=O) groups is 1. The molecule has 1 N–H and O–H groups in total. The molecule has 0 fully saturated rings. The standard InChI is InChI=1S/C19H20F3NO/c1-18(2,3)16(13-9-5-4-6-10-13)23-17(24)14-11-7-8-12-15(14)19(20,21)22/h4-12,16H,1-3H3,(H,23,24)/t16-/m1/s1. The Kier molecular flexibility index (Phi) is 5.02. The van der Waals surface area contributed by atoms with Gasteiger partial charge in [-0.3, -0.25) is 4.79 Å². The lowest BCUT2D eigenvalue weighted by Gasteiger charge is -2.32. The summed E-state index contributed by atoms with van der Waals surface area (Å²) in [4.78, 5) is 12.5. The van der Waals surface area contributed by atoms with E-state index in [1.54, 1.807) is 0 Å². The van der Waals surface area contributed by atoms with E-state index in [1.165, 1.54) is 18.2 Å². The maximum Gasteiger partial charge on any atom is 0.417 e. The molecule has 1 atom stereocenters. The second-order valence-electron chi connectivity index (χ2n) is 6.73. The van der Waals surface area contributed by atoms with Gasteiger partial charge in [-0.05, 0) is 23.1 Å². The van der Waals surface area contributed by atoms with Crippen molar-refractivity contribution in [1.29, 1.82) is 0 Å². The van der Waals surface area contributed by atoms with Crippen molar-refractivity contribution in [2.24, 2.45) is 5.41 Å². The number of amides is 1. The van der Waals surface area contributed by atoms with Gasteiger partial charge in [0.1, 0.15) is 0 Å². The van der Waals surface area contributed by atoms with Crippen molar-refractivity contribution in [3.05, 3.63) is 71.3 Å². The summed E-state index contributed by atoms with van der Waals surface area (Å²) >= 11 is 0. The average Bonchev–Trinajstić information content (AvgIpc) is 2.51. The summed E-state index contributed by atoms with van der Waals surface area (Å²) < 4.78 is 39.4. The molecule has 0 saturated carbocycles. The highest BCUT2D eigenvalue weighted by atomic mass is 19.4. The molecule has 2 nitrogen and oxygen atoms in total. The minimum Gasteiger partial charge on any atom is -0.345 e. The first-order valence-corrected chi connectivity index (χ1v) is 7.63. The molecule has 24 heavy (non-hydrogen) atoms. The maximum absolute atomic E-state index is 13.1. The molecule has 0 aliphatic heterocycles. The molecule has 0 radical (unpaired) electrons. The van der Waals surface area contributed by atoms with Crippen molar-refractivity contribution in [2.45, 2.75) is 33.0 Å². The quantitative estimate of drug-likeness (QED) is 0.818. The molecular weight excluding hydrogens is 315 g/mol. The van der Waals surface area contributed by atoms with Crippen LogP contribution in [0.2, 0.25) is 0 Å². The Labute approximate surface area is 139 Å². The fraction of sp³-hybridized carbons (Fsp3) is 0.316. The van der Waals surface area contributed by atoms with Gasteiger partial charge in [-0.2, -0.15) is 13.2 Å². The third kappa shape index (κ3) is 4.16. The SMILES string of the molecule is CC(C)(C)[C@H](NC(=O)c1ccccc1C(F)(F)F)c1ccccc1. The third-order valence-electron chi connectivity index (χ3n) is 3.75. The molecule has 2 aromatic rings. The fourth-order valence-electron chi connectivity index (χ4n) is 2.58. The zero-order valence-electron chi connectivity index (χ0n) is 13.8. The van der Waals surface area contributed by atoms with E-state index in [9.17, 15) is 18.0 Å². The summed E-state index contributed by atoms with van der Waals surface area (Å²) in [7, 11) is 0. The molecule has 0 saturated heterocycles. The van der Waals surface area contributed by atoms with Gasteiger partial charge in [0.25, 0.3) is 5.91 Å². The smallest absolute Gasteiger partial charge is 0.345 e. The van der Waals surface area contributed by atoms with Crippen molar-refractivity contribution in [3.8, 4) is 0 Å². The molecule has 2 rings (SSSR count). The van der Waals surface area contributed by atoms with Crippen LogP contribution >= 0.6 is 0 Å². The van der Waals surface area contributed by atoms with E-state index in [4.69, 9.17) is 0 Å². The number of benzene rings is 2. The second-order valence-corrected chi connectivity index (χ2v) is 6.73. The number of rotatable bonds is 3. The molecule has 0 heterocycles. The molecule has 5 heteroatoms. The van der Waals surface area contributed by atoms with E-state index >= 15 is 0 Å². The highest BCUT2D eigenvalue weighted by Gasteiger charge is 2.36. The van der Waals surface area contributed by atoms with Gasteiger partial charge >= 0.3 is 6.18 Å². The molecule has 2 aromatic carbocycles. The number of hydrogen-bond acceptors (Lipinski definition) is 1. The van der Waals surface area contributed by atoms with Crippen LogP contribution < -0.4 is 5.32 Å². The Hall–Kier alpha value is -2.30. The maximum atomic E-state index is 13.1. The van der Waals surface area contributed by atoms with Crippen molar-refractivity contribution >= 4 is 5.91 Å². The van der Waals surface area contributed by atoms with Crippen LogP contribution in [-0.4, -0.2) is 5.91 Å². The topological polar surface area (TPSA) is 29.1 Å². The summed E-state index contributed by atoms with van der Waals surface area (Å²) in [5.74, 6) is -0.730. The summed E-state index contributed by atoms with van der Waals surface area (Å²) in [5, 5.41) is 2.76. The Morgan fingerprint density at radius 3 is 2.00 bits per heavy atom. The van der Waals surface area contributed by atoms with Crippen molar-refractivity contribution < 1.29 is 18.0 Å². The summed E-state index contributed by atoms with van der Waals surface area (Å²) in [6.45, 7) is 5.79. The van der Waals surface area contributed by atoms with Crippen LogP contribution in [0.4, 0.5) is 13.2 Å². The normalized spacial score (nSPS) is 13.4. The Balaban J connectivity index is 2.37. The number of alkyl halides is 3. The van der Waals surface area contributed by atoms with Crippen LogP contribution in [0.25, 0.3) is 0 Å². The van der Waals surface area contributed by atoms with Crippen molar-refractivity contribution in [1.82, 2.24) is 5.32 Å². The first-order valence-electron chi connectivity index (χ1n) is 7.63. The molecular formula is C19H20F3NO. The number of nitrogens with one attached hydrogen (secondary N) is 1. The van der Waals surface area contributed by atoms with Crippen LogP contribution in [0.15, 0.2) is 54.6 Å². The predicted molar refractivity (Wildman–Crippen MR) is 87.5 cm³/mol. The Morgan fingerprint density at radius 2 is 1.46 bits per heavy atom. The van der Waals surface area contributed by atoms with E-state index < -0.39 is 23.7 Å². The average molecular weight is 335 g/mol. The van der Waals surface area contributed by atoms with E-state index in [-0.39, 0.29) is 11.0 Å². The molecule has 128 valence electrons. The minimum absolute atomic E-state index is 0.357. The molecule has 0 aliphatic rings. The van der Waals surface area contributed by atoms with Crippen molar-refractivity contribution in [3.63, 3.8) is 0 Å². The highest BCUT2D eigenvalue weighted by Crippen LogP contribution is 2.35. The Morgan fingerprint density at radius 1 is 0.917 bits per heavy atom. The third-order valence-corrected chi connectivity index (χ3v) is 3.75. The lowest BCUT2D eigenvalue weighted by molar-refractivity contribution is -0.137. The van der Waals surface area contributed by atoms with E-state index in [1.807, 2.05) is 51.1 Å². The molecule has 0 unspecified atom stereocenters. The van der Waals surface area contributed by atoms with Gasteiger partial charge in [0.2, 0.25) is 0 Å². The van der Waals surface area contributed by atoms with Crippen molar-refractivity contribution in [2.75, 3.05) is 0 Å². The number of halogens is 3. The largest absolute Gasteiger partial charge is 0.417 e. The molecule has 0 aliphatic carbocycles. The van der Waals surface area contributed by atoms with Gasteiger partial charge in [-0.25, -0.2) is 0 Å². The summed E-state index contributed by atoms with van der Waals surface area (Å²) in [6.07, 6.45) is -4.57. The number of hydrogen-bond donors (Lipinski definition) is 1. The molecule has 0 bridgehead atoms. The number of carbonyl (C=O) groups excluding carboxylic acids is 1. The summed E-state index contributed by atoms with van der Waals surface area (Å²) in [5.41, 5.74) is -0.800. The molecule has 0 spiro atoms. The van der Waals surface area contributed by atoms with Gasteiger partial charge in [-0.1, -0.05) is 63.2 Å². The predicted octanol–water partition coefficient (Wildman–Crippen LogP) is 5.22. The zero-order chi connectivity index (χ0) is 18.0. The monoisotopic (exact) mass is 335 g/mol. The lowest BCUT2D eigenvalue weighted by atomic mass is 9.82. The fourth-order valence-corrected chi connectivity index (χ4v) is 2.58. The minimum atomic E-state index is -4.57. The van der Waals surface area contributed by atoms with E-state index in [0.29, 0.717) is 0 Å². The molecule has 1 amide bonds. The zero-order valence-corrected chi connectivity index (χ0v) is 13.8.